The predicted molar refractivity (Wildman–Crippen MR) is 101 cm³/mol. The van der Waals surface area contributed by atoms with E-state index in [1.807, 2.05) is 6.07 Å². The maximum atomic E-state index is 6.51. The van der Waals surface area contributed by atoms with Gasteiger partial charge in [0.2, 0.25) is 0 Å². The number of hydrogen-bond donors (Lipinski definition) is 0. The Morgan fingerprint density at radius 2 is 2.08 bits per heavy atom. The molecule has 3 heterocycles. The van der Waals surface area contributed by atoms with Gasteiger partial charge in [0.25, 0.3) is 0 Å². The van der Waals surface area contributed by atoms with Gasteiger partial charge in [-0.3, -0.25) is 0 Å². The summed E-state index contributed by atoms with van der Waals surface area (Å²) in [7, 11) is 0. The Labute approximate surface area is 177 Å². The van der Waals surface area contributed by atoms with Crippen molar-refractivity contribution in [2.45, 2.75) is 38.7 Å². The number of halogens is 2. The maximum absolute atomic E-state index is 6.51. The Balaban J connectivity index is 0.00000182. The van der Waals surface area contributed by atoms with Crippen LogP contribution in [0.5, 0.6) is 0 Å². The van der Waals surface area contributed by atoms with E-state index in [9.17, 15) is 0 Å². The van der Waals surface area contributed by atoms with Gasteiger partial charge in [-0.05, 0) is 0 Å². The number of para-hydroxylation sites is 1. The van der Waals surface area contributed by atoms with Crippen LogP contribution in [0.4, 0.5) is 0 Å². The van der Waals surface area contributed by atoms with Crippen molar-refractivity contribution < 1.29 is 28.5 Å². The molecule has 0 bridgehead atoms. The summed E-state index contributed by atoms with van der Waals surface area (Å²) in [6, 6.07) is 6.24. The van der Waals surface area contributed by atoms with Crippen LogP contribution in [0.3, 0.4) is 0 Å². The van der Waals surface area contributed by atoms with E-state index in [4.69, 9.17) is 11.6 Å². The normalized spacial score (nSPS) is 19.9. The first-order valence-corrected chi connectivity index (χ1v) is 11.2. The molecule has 0 radical (unpaired) electrons. The quantitative estimate of drug-likeness (QED) is 0.321. The van der Waals surface area contributed by atoms with Crippen molar-refractivity contribution in [3.63, 3.8) is 0 Å². The molecule has 0 N–H and O–H groups in total. The van der Waals surface area contributed by atoms with Crippen LogP contribution < -0.4 is 28.5 Å². The van der Waals surface area contributed by atoms with Gasteiger partial charge in [0.1, 0.15) is 0 Å². The van der Waals surface area contributed by atoms with E-state index in [0.29, 0.717) is 15.0 Å². The van der Waals surface area contributed by atoms with Crippen molar-refractivity contribution in [3.05, 3.63) is 45.8 Å². The van der Waals surface area contributed by atoms with Gasteiger partial charge >= 0.3 is 155 Å². The van der Waals surface area contributed by atoms with Gasteiger partial charge < -0.3 is 24.0 Å². The summed E-state index contributed by atoms with van der Waals surface area (Å²) in [6.45, 7) is 8.83. The van der Waals surface area contributed by atoms with Crippen LogP contribution in [-0.2, 0) is 13.1 Å². The molecule has 1 aromatic carbocycles. The molecule has 2 aliphatic rings. The number of imidazole rings is 1. The molecule has 0 aliphatic carbocycles. The zero-order chi connectivity index (χ0) is 16.7. The second-order valence-corrected chi connectivity index (χ2v) is 8.95. The van der Waals surface area contributed by atoms with Gasteiger partial charge in [-0.2, -0.15) is 0 Å². The van der Waals surface area contributed by atoms with Gasteiger partial charge in [0.05, 0.1) is 0 Å². The zero-order valence-electron chi connectivity index (χ0n) is 14.6. The summed E-state index contributed by atoms with van der Waals surface area (Å²) in [5, 5.41) is 2.21. The number of nitrogens with zero attached hydrogens (tertiary/aromatic N) is 3. The third-order valence-electron chi connectivity index (χ3n) is 4.98. The number of aromatic nitrogens is 2. The van der Waals surface area contributed by atoms with Crippen LogP contribution in [0.2, 0.25) is 10.3 Å². The number of fused-ring (bicyclic) bond motifs is 3. The van der Waals surface area contributed by atoms with Crippen molar-refractivity contribution in [1.29, 1.82) is 0 Å². The van der Waals surface area contributed by atoms with E-state index in [1.54, 1.807) is 4.60 Å². The first-order valence-electron chi connectivity index (χ1n) is 8.74. The molecule has 1 fully saturated rings. The van der Waals surface area contributed by atoms with E-state index in [1.165, 1.54) is 34.3 Å². The third kappa shape index (κ3) is 3.29. The number of benzene rings is 1. The number of allylic oxidation sites excluding steroid dienone is 3. The summed E-state index contributed by atoms with van der Waals surface area (Å²) >= 11 is 7.15. The van der Waals surface area contributed by atoms with Crippen molar-refractivity contribution in [1.82, 2.24) is 9.47 Å². The summed E-state index contributed by atoms with van der Waals surface area (Å²) in [5.41, 5.74) is 3.88. The Morgan fingerprint density at radius 1 is 1.24 bits per heavy atom. The van der Waals surface area contributed by atoms with E-state index in [-0.39, 0.29) is 24.0 Å². The SMILES string of the molecule is CCN1CC[Se]C1=CC=C1CC[n+]2c1n(CC)c1cccc(Cl)c12.[I-]. The minimum Gasteiger partial charge on any atom is -1.00 e. The van der Waals surface area contributed by atoms with Gasteiger partial charge in [-0.25, -0.2) is 0 Å². The van der Waals surface area contributed by atoms with Crippen molar-refractivity contribution in [2.24, 2.45) is 0 Å². The summed E-state index contributed by atoms with van der Waals surface area (Å²) in [5.74, 6) is 1.34. The summed E-state index contributed by atoms with van der Waals surface area (Å²) < 4.78 is 6.37. The third-order valence-corrected chi connectivity index (χ3v) is 7.54. The minimum absolute atomic E-state index is 0. The molecule has 0 unspecified atom stereocenters. The predicted octanol–water partition coefficient (Wildman–Crippen LogP) is 0.693. The molecule has 25 heavy (non-hydrogen) atoms. The monoisotopic (exact) mass is 535 g/mol. The van der Waals surface area contributed by atoms with Crippen molar-refractivity contribution >= 4 is 43.2 Å². The number of aryl methyl sites for hydroxylation is 2. The van der Waals surface area contributed by atoms with Crippen LogP contribution in [0.25, 0.3) is 16.6 Å². The number of rotatable bonds is 3. The van der Waals surface area contributed by atoms with Crippen molar-refractivity contribution in [2.75, 3.05) is 13.1 Å². The molecule has 0 saturated carbocycles. The van der Waals surface area contributed by atoms with Crippen molar-refractivity contribution in [3.8, 4) is 0 Å². The standard InChI is InChI=1S/C19H23ClN3Se.HI/c1-3-21-12-13-24-17(21)9-8-14-10-11-23-18-15(20)6-5-7-16(18)22(4-2)19(14)23;/h5-9H,3-4,10-13H2,1-2H3;1H/q+1;/p-1. The average molecular weight is 535 g/mol. The van der Waals surface area contributed by atoms with Gasteiger partial charge in [-0.15, -0.1) is 0 Å². The number of hydrogen-bond acceptors (Lipinski definition) is 1. The average Bonchev–Trinajstić information content (AvgIpc) is 3.27. The van der Waals surface area contributed by atoms with E-state index < -0.39 is 0 Å². The fourth-order valence-corrected chi connectivity index (χ4v) is 6.40. The summed E-state index contributed by atoms with van der Waals surface area (Å²) in [6.07, 6.45) is 5.84. The van der Waals surface area contributed by atoms with Crippen LogP contribution >= 0.6 is 11.6 Å². The molecule has 134 valence electrons. The molecule has 2 aromatic rings. The molecule has 0 atom stereocenters. The van der Waals surface area contributed by atoms with Crippen LogP contribution in [-0.4, -0.2) is 37.5 Å². The van der Waals surface area contributed by atoms with E-state index >= 15 is 0 Å². The second kappa shape index (κ2) is 8.03. The Kier molecular flexibility index (Phi) is 6.19. The van der Waals surface area contributed by atoms with Crippen LogP contribution in [0, 0.1) is 0 Å². The summed E-state index contributed by atoms with van der Waals surface area (Å²) in [4.78, 5) is 2.52. The largest absolute Gasteiger partial charge is 1.00 e. The molecule has 0 amide bonds. The first kappa shape index (κ1) is 19.3. The molecule has 0 spiro atoms. The molecule has 1 saturated heterocycles. The van der Waals surface area contributed by atoms with Gasteiger partial charge in [-0.1, -0.05) is 0 Å². The Bertz CT molecular complexity index is 856. The maximum Gasteiger partial charge on any atom is -1.00 e. The van der Waals surface area contributed by atoms with E-state index in [0.717, 1.165) is 31.1 Å². The minimum atomic E-state index is 0. The fraction of sp³-hybridized carbons (Fsp3) is 0.421. The fourth-order valence-electron chi connectivity index (χ4n) is 3.84. The first-order chi connectivity index (χ1) is 11.7. The molecule has 1 aromatic heterocycles. The topological polar surface area (TPSA) is 12.1 Å². The van der Waals surface area contributed by atoms with Crippen LogP contribution in [0.15, 0.2) is 34.9 Å². The second-order valence-electron chi connectivity index (χ2n) is 6.20. The molecule has 6 heteroatoms. The Hall–Kier alpha value is -0.491. The molecular weight excluding hydrogens is 512 g/mol. The zero-order valence-corrected chi connectivity index (χ0v) is 19.3. The molecule has 3 nitrogen and oxygen atoms in total. The van der Waals surface area contributed by atoms with E-state index in [2.05, 4.69) is 52.2 Å². The molecule has 4 rings (SSSR count). The Morgan fingerprint density at radius 3 is 2.84 bits per heavy atom. The van der Waals surface area contributed by atoms with Crippen LogP contribution in [0.1, 0.15) is 26.1 Å². The molecular formula is C19H23ClIN3Se. The molecule has 2 aliphatic heterocycles. The van der Waals surface area contributed by atoms with Gasteiger partial charge in [0, 0.05) is 0 Å². The smallest absolute Gasteiger partial charge is 1.00 e. The van der Waals surface area contributed by atoms with Gasteiger partial charge in [0.15, 0.2) is 0 Å².